The Kier molecular flexibility index (Phi) is 7.54. The number of pyridine rings is 1. The van der Waals surface area contributed by atoms with Gasteiger partial charge in [0.1, 0.15) is 5.69 Å². The van der Waals surface area contributed by atoms with Crippen molar-refractivity contribution in [3.8, 4) is 0 Å². The van der Waals surface area contributed by atoms with E-state index < -0.39 is 4.92 Å². The molecular weight excluding hydrogens is 518 g/mol. The summed E-state index contributed by atoms with van der Waals surface area (Å²) in [6, 6.07) is 5.64. The second-order valence-electron chi connectivity index (χ2n) is 9.11. The minimum absolute atomic E-state index is 0.181. The highest BCUT2D eigenvalue weighted by Crippen LogP contribution is 2.35. The molecule has 2 aliphatic heterocycles. The molecule has 1 aromatic carbocycles. The SMILES string of the molecule is Cc1cc(C(=O)N2CCC[C@@H](Nc3c(C(=O)N4CCCCC4)cc(Br)cc3[N+](=O)[O-])C2)cc(=O)[nH]1. The number of nitrogens with zero attached hydrogens (tertiary/aromatic N) is 3. The van der Waals surface area contributed by atoms with Gasteiger partial charge < -0.3 is 20.1 Å². The summed E-state index contributed by atoms with van der Waals surface area (Å²) in [6.45, 7) is 3.78. The van der Waals surface area contributed by atoms with Gasteiger partial charge in [-0.25, -0.2) is 0 Å². The van der Waals surface area contributed by atoms with Gasteiger partial charge in [-0.05, 0) is 51.2 Å². The predicted molar refractivity (Wildman–Crippen MR) is 135 cm³/mol. The number of aryl methyl sites for hydroxylation is 1. The summed E-state index contributed by atoms with van der Waals surface area (Å²) in [6.07, 6.45) is 4.25. The number of rotatable bonds is 5. The standard InChI is InChI=1S/C24H28BrN5O5/c1-15-10-16(11-21(31)26-15)23(32)29-9-5-6-18(14-29)27-22-19(12-17(25)13-20(22)30(34)35)24(33)28-7-3-2-4-8-28/h10-13,18,27H,2-9,14H2,1H3,(H,26,31)/t18-/m1/s1. The lowest BCUT2D eigenvalue weighted by atomic mass is 10.0. The van der Waals surface area contributed by atoms with Crippen LogP contribution in [-0.2, 0) is 0 Å². The van der Waals surface area contributed by atoms with Crippen LogP contribution in [0, 0.1) is 17.0 Å². The lowest BCUT2D eigenvalue weighted by Crippen LogP contribution is -2.45. The Hall–Kier alpha value is -3.21. The second-order valence-corrected chi connectivity index (χ2v) is 10.0. The Bertz CT molecular complexity index is 1210. The molecule has 1 atom stereocenters. The molecule has 2 saturated heterocycles. The summed E-state index contributed by atoms with van der Waals surface area (Å²) in [5.41, 5.74) is 0.808. The lowest BCUT2D eigenvalue weighted by Gasteiger charge is -2.34. The second kappa shape index (κ2) is 10.6. The fourth-order valence-corrected chi connectivity index (χ4v) is 5.24. The molecule has 2 aliphatic rings. The number of aromatic nitrogens is 1. The normalized spacial score (nSPS) is 18.3. The Balaban J connectivity index is 1.61. The number of halogens is 1. The van der Waals surface area contributed by atoms with Crippen molar-refractivity contribution in [3.05, 3.63) is 66.0 Å². The topological polar surface area (TPSA) is 129 Å². The average molecular weight is 546 g/mol. The van der Waals surface area contributed by atoms with Crippen molar-refractivity contribution < 1.29 is 14.5 Å². The van der Waals surface area contributed by atoms with Gasteiger partial charge in [-0.3, -0.25) is 24.5 Å². The summed E-state index contributed by atoms with van der Waals surface area (Å²) in [7, 11) is 0. The Labute approximate surface area is 211 Å². The minimum Gasteiger partial charge on any atom is -0.374 e. The number of nitro benzene ring substituents is 1. The number of amides is 2. The molecule has 0 spiro atoms. The number of carbonyl (C=O) groups is 2. The smallest absolute Gasteiger partial charge is 0.294 e. The van der Waals surface area contributed by atoms with Crippen molar-refractivity contribution in [3.63, 3.8) is 0 Å². The van der Waals surface area contributed by atoms with Crippen LogP contribution in [0.2, 0.25) is 0 Å². The van der Waals surface area contributed by atoms with E-state index in [0.717, 1.165) is 19.3 Å². The molecule has 0 aliphatic carbocycles. The molecule has 11 heteroatoms. The number of nitro groups is 1. The molecule has 1 aromatic heterocycles. The van der Waals surface area contributed by atoms with Crippen molar-refractivity contribution >= 4 is 39.1 Å². The molecule has 0 unspecified atom stereocenters. The first-order chi connectivity index (χ1) is 16.7. The van der Waals surface area contributed by atoms with Crippen LogP contribution in [-0.4, -0.2) is 63.7 Å². The van der Waals surface area contributed by atoms with E-state index in [9.17, 15) is 24.5 Å². The lowest BCUT2D eigenvalue weighted by molar-refractivity contribution is -0.384. The quantitative estimate of drug-likeness (QED) is 0.435. The maximum atomic E-state index is 13.4. The average Bonchev–Trinajstić information content (AvgIpc) is 2.84. The number of anilines is 1. The van der Waals surface area contributed by atoms with Gasteiger partial charge in [0.25, 0.3) is 17.5 Å². The van der Waals surface area contributed by atoms with E-state index in [-0.39, 0.29) is 40.4 Å². The summed E-state index contributed by atoms with van der Waals surface area (Å²) < 4.78 is 0.459. The Morgan fingerprint density at radius 1 is 1.06 bits per heavy atom. The van der Waals surface area contributed by atoms with Gasteiger partial charge in [0.2, 0.25) is 5.56 Å². The van der Waals surface area contributed by atoms with Gasteiger partial charge in [-0.2, -0.15) is 0 Å². The van der Waals surface area contributed by atoms with Gasteiger partial charge in [0, 0.05) is 60.1 Å². The molecule has 0 saturated carbocycles. The van der Waals surface area contributed by atoms with Crippen molar-refractivity contribution in [1.82, 2.24) is 14.8 Å². The first kappa shape index (κ1) is 24.9. The van der Waals surface area contributed by atoms with E-state index in [0.29, 0.717) is 54.8 Å². The van der Waals surface area contributed by atoms with Crippen LogP contribution in [0.25, 0.3) is 0 Å². The van der Waals surface area contributed by atoms with Gasteiger partial charge in [0.05, 0.1) is 10.5 Å². The van der Waals surface area contributed by atoms with E-state index in [1.54, 1.807) is 28.9 Å². The van der Waals surface area contributed by atoms with Gasteiger partial charge in [-0.1, -0.05) is 15.9 Å². The Morgan fingerprint density at radius 2 is 1.77 bits per heavy atom. The van der Waals surface area contributed by atoms with Crippen LogP contribution in [0.4, 0.5) is 11.4 Å². The molecule has 2 amide bonds. The zero-order chi connectivity index (χ0) is 25.1. The number of benzene rings is 1. The van der Waals surface area contributed by atoms with Crippen LogP contribution in [0.1, 0.15) is 58.5 Å². The third-order valence-electron chi connectivity index (χ3n) is 6.44. The first-order valence-corrected chi connectivity index (χ1v) is 12.6. The molecule has 2 fully saturated rings. The number of H-pyrrole nitrogens is 1. The largest absolute Gasteiger partial charge is 0.374 e. The number of hydrogen-bond donors (Lipinski definition) is 2. The van der Waals surface area contributed by atoms with Gasteiger partial charge in [0.15, 0.2) is 0 Å². The zero-order valence-electron chi connectivity index (χ0n) is 19.5. The van der Waals surface area contributed by atoms with E-state index in [2.05, 4.69) is 26.2 Å². The third-order valence-corrected chi connectivity index (χ3v) is 6.89. The molecule has 2 N–H and O–H groups in total. The van der Waals surface area contributed by atoms with Gasteiger partial charge in [-0.15, -0.1) is 0 Å². The number of carbonyl (C=O) groups excluding carboxylic acids is 2. The zero-order valence-corrected chi connectivity index (χ0v) is 21.1. The van der Waals surface area contributed by atoms with Crippen LogP contribution in [0.5, 0.6) is 0 Å². The third kappa shape index (κ3) is 5.72. The molecule has 4 rings (SSSR count). The van der Waals surface area contributed by atoms with E-state index in [1.165, 1.54) is 12.1 Å². The highest BCUT2D eigenvalue weighted by Gasteiger charge is 2.31. The number of piperidine rings is 2. The first-order valence-electron chi connectivity index (χ1n) is 11.8. The molecule has 3 heterocycles. The van der Waals surface area contributed by atoms with Crippen LogP contribution < -0.4 is 10.9 Å². The maximum absolute atomic E-state index is 13.4. The predicted octanol–water partition coefficient (Wildman–Crippen LogP) is 3.70. The summed E-state index contributed by atoms with van der Waals surface area (Å²) >= 11 is 3.32. The molecule has 0 bridgehead atoms. The molecule has 2 aromatic rings. The van der Waals surface area contributed by atoms with Crippen molar-refractivity contribution in [1.29, 1.82) is 0 Å². The van der Waals surface area contributed by atoms with Crippen molar-refractivity contribution in [2.45, 2.75) is 45.1 Å². The van der Waals surface area contributed by atoms with E-state index in [4.69, 9.17) is 0 Å². The van der Waals surface area contributed by atoms with Crippen LogP contribution >= 0.6 is 15.9 Å². The highest BCUT2D eigenvalue weighted by atomic mass is 79.9. The molecule has 35 heavy (non-hydrogen) atoms. The van der Waals surface area contributed by atoms with Crippen molar-refractivity contribution in [2.75, 3.05) is 31.5 Å². The fourth-order valence-electron chi connectivity index (χ4n) is 4.80. The monoisotopic (exact) mass is 545 g/mol. The van der Waals surface area contributed by atoms with Crippen LogP contribution in [0.15, 0.2) is 33.5 Å². The fraction of sp³-hybridized carbons (Fsp3) is 0.458. The Morgan fingerprint density at radius 3 is 2.46 bits per heavy atom. The van der Waals surface area contributed by atoms with E-state index in [1.807, 2.05) is 0 Å². The molecular formula is C24H28BrN5O5. The summed E-state index contributed by atoms with van der Waals surface area (Å²) in [5.74, 6) is -0.500. The van der Waals surface area contributed by atoms with Crippen molar-refractivity contribution in [2.24, 2.45) is 0 Å². The number of nitrogens with one attached hydrogen (secondary N) is 2. The van der Waals surface area contributed by atoms with Crippen LogP contribution in [0.3, 0.4) is 0 Å². The number of likely N-dealkylation sites (tertiary alicyclic amines) is 2. The minimum atomic E-state index is -0.495. The number of aromatic amines is 1. The maximum Gasteiger partial charge on any atom is 0.294 e. The van der Waals surface area contributed by atoms with Gasteiger partial charge >= 0.3 is 0 Å². The summed E-state index contributed by atoms with van der Waals surface area (Å²) in [4.78, 5) is 55.7. The molecule has 0 radical (unpaired) electrons. The molecule has 186 valence electrons. The van der Waals surface area contributed by atoms with E-state index >= 15 is 0 Å². The number of hydrogen-bond acceptors (Lipinski definition) is 6. The highest BCUT2D eigenvalue weighted by molar-refractivity contribution is 9.10. The molecule has 10 nitrogen and oxygen atoms in total. The summed E-state index contributed by atoms with van der Waals surface area (Å²) in [5, 5.41) is 15.1.